The lowest BCUT2D eigenvalue weighted by atomic mass is 9.90. The minimum Gasteiger partial charge on any atom is -0.324 e. The maximum absolute atomic E-state index is 14.2. The Kier molecular flexibility index (Phi) is 7.64. The van der Waals surface area contributed by atoms with E-state index in [1.165, 1.54) is 31.5 Å². The van der Waals surface area contributed by atoms with Gasteiger partial charge in [-0.2, -0.15) is 10.1 Å². The van der Waals surface area contributed by atoms with Crippen molar-refractivity contribution in [3.63, 3.8) is 0 Å². The van der Waals surface area contributed by atoms with Crippen LogP contribution in [0, 0.1) is 12.8 Å². The first kappa shape index (κ1) is 28.5. The molecule has 7 rings (SSSR count). The number of aromatic nitrogens is 7. The highest BCUT2D eigenvalue weighted by Gasteiger charge is 2.19. The van der Waals surface area contributed by atoms with Crippen molar-refractivity contribution >= 4 is 22.7 Å². The standard InChI is InChI=1S/C35H35N9O/c1-23-31(21-36-32(39-23)27-20-38-43(3)22-27)30-18-26-19-37-35(41-33(26)44(34(30)45)29-7-5-4-6-8-29)40-28-11-9-24(10-12-28)17-25-13-15-42(2)16-14-25/h4-12,18-22,25H,13-17H2,1-3H3,(H,37,40,41). The first-order valence-electron chi connectivity index (χ1n) is 15.3. The second-order valence-corrected chi connectivity index (χ2v) is 11.9. The summed E-state index contributed by atoms with van der Waals surface area (Å²) in [6, 6.07) is 19.9. The number of aryl methyl sites for hydroxylation is 2. The number of hydrogen-bond donors (Lipinski definition) is 1. The Morgan fingerprint density at radius 1 is 0.889 bits per heavy atom. The number of benzene rings is 2. The van der Waals surface area contributed by atoms with E-state index in [2.05, 4.69) is 56.6 Å². The molecular formula is C35H35N9O. The molecule has 0 radical (unpaired) electrons. The van der Waals surface area contributed by atoms with Crippen LogP contribution in [-0.4, -0.2) is 59.3 Å². The van der Waals surface area contributed by atoms with Crippen molar-refractivity contribution in [1.29, 1.82) is 0 Å². The molecule has 10 nitrogen and oxygen atoms in total. The molecule has 45 heavy (non-hydrogen) atoms. The molecule has 226 valence electrons. The third kappa shape index (κ3) is 5.97. The highest BCUT2D eigenvalue weighted by atomic mass is 16.1. The van der Waals surface area contributed by atoms with E-state index in [1.54, 1.807) is 27.8 Å². The first-order valence-corrected chi connectivity index (χ1v) is 15.3. The molecule has 4 aromatic heterocycles. The van der Waals surface area contributed by atoms with E-state index >= 15 is 0 Å². The maximum atomic E-state index is 14.2. The Bertz CT molecular complexity index is 2030. The second-order valence-electron chi connectivity index (χ2n) is 11.9. The van der Waals surface area contributed by atoms with Gasteiger partial charge in [0.1, 0.15) is 0 Å². The lowest BCUT2D eigenvalue weighted by molar-refractivity contribution is 0.219. The maximum Gasteiger partial charge on any atom is 0.264 e. The van der Waals surface area contributed by atoms with Crippen LogP contribution < -0.4 is 10.9 Å². The van der Waals surface area contributed by atoms with Gasteiger partial charge in [-0.25, -0.2) is 15.0 Å². The van der Waals surface area contributed by atoms with Gasteiger partial charge in [-0.05, 0) is 88.1 Å². The van der Waals surface area contributed by atoms with E-state index in [9.17, 15) is 4.79 Å². The van der Waals surface area contributed by atoms with Crippen molar-refractivity contribution in [3.05, 3.63) is 107 Å². The molecule has 1 aliphatic rings. The van der Waals surface area contributed by atoms with Gasteiger partial charge in [0.05, 0.1) is 23.0 Å². The molecule has 0 spiro atoms. The summed E-state index contributed by atoms with van der Waals surface area (Å²) in [5.74, 6) is 1.71. The average Bonchev–Trinajstić information content (AvgIpc) is 3.49. The molecule has 0 aliphatic carbocycles. The van der Waals surface area contributed by atoms with Gasteiger partial charge in [-0.15, -0.1) is 0 Å². The third-order valence-corrected chi connectivity index (χ3v) is 8.56. The van der Waals surface area contributed by atoms with E-state index in [1.807, 2.05) is 56.6 Å². The Morgan fingerprint density at radius 2 is 1.67 bits per heavy atom. The van der Waals surface area contributed by atoms with Crippen molar-refractivity contribution in [1.82, 2.24) is 39.2 Å². The van der Waals surface area contributed by atoms with Crippen LogP contribution >= 0.6 is 0 Å². The SMILES string of the molecule is Cc1nc(-c2cnn(C)c2)ncc1-c1cc2cnc(Nc3ccc(CC4CCN(C)CC4)cc3)nc2n(-c2ccccc2)c1=O. The van der Waals surface area contributed by atoms with Crippen LogP contribution in [0.25, 0.3) is 39.2 Å². The quantitative estimate of drug-likeness (QED) is 0.254. The Labute approximate surface area is 261 Å². The fraction of sp³-hybridized carbons (Fsp3) is 0.257. The molecule has 0 amide bonds. The minimum absolute atomic E-state index is 0.211. The summed E-state index contributed by atoms with van der Waals surface area (Å²) in [6.45, 7) is 4.23. The number of rotatable bonds is 7. The van der Waals surface area contributed by atoms with E-state index in [0.717, 1.165) is 29.0 Å². The summed E-state index contributed by atoms with van der Waals surface area (Å²) in [7, 11) is 4.05. The zero-order valence-corrected chi connectivity index (χ0v) is 25.7. The van der Waals surface area contributed by atoms with Crippen LogP contribution in [-0.2, 0) is 13.5 Å². The number of nitrogens with zero attached hydrogens (tertiary/aromatic N) is 8. The number of para-hydroxylation sites is 1. The van der Waals surface area contributed by atoms with Crippen LogP contribution in [0.3, 0.4) is 0 Å². The van der Waals surface area contributed by atoms with Gasteiger partial charge < -0.3 is 10.2 Å². The minimum atomic E-state index is -0.211. The Morgan fingerprint density at radius 3 is 2.38 bits per heavy atom. The molecule has 1 N–H and O–H groups in total. The average molecular weight is 598 g/mol. The molecule has 0 atom stereocenters. The summed E-state index contributed by atoms with van der Waals surface area (Å²) < 4.78 is 3.34. The Balaban J connectivity index is 1.22. The lowest BCUT2D eigenvalue weighted by Crippen LogP contribution is -2.30. The van der Waals surface area contributed by atoms with E-state index < -0.39 is 0 Å². The van der Waals surface area contributed by atoms with Gasteiger partial charge in [0.25, 0.3) is 5.56 Å². The van der Waals surface area contributed by atoms with E-state index in [-0.39, 0.29) is 5.56 Å². The van der Waals surface area contributed by atoms with Crippen molar-refractivity contribution < 1.29 is 0 Å². The monoisotopic (exact) mass is 597 g/mol. The number of nitrogens with one attached hydrogen (secondary N) is 1. The summed E-state index contributed by atoms with van der Waals surface area (Å²) in [4.78, 5) is 35.3. The molecule has 0 unspecified atom stereocenters. The normalized spacial score (nSPS) is 14.2. The highest BCUT2D eigenvalue weighted by molar-refractivity contribution is 5.83. The van der Waals surface area contributed by atoms with Crippen LogP contribution in [0.5, 0.6) is 0 Å². The summed E-state index contributed by atoms with van der Waals surface area (Å²) in [5, 5.41) is 8.28. The van der Waals surface area contributed by atoms with E-state index in [0.29, 0.717) is 39.9 Å². The van der Waals surface area contributed by atoms with Crippen LogP contribution in [0.15, 0.2) is 90.2 Å². The van der Waals surface area contributed by atoms with Gasteiger partial charge in [-0.3, -0.25) is 14.0 Å². The predicted octanol–water partition coefficient (Wildman–Crippen LogP) is 5.57. The second kappa shape index (κ2) is 12.0. The van der Waals surface area contributed by atoms with E-state index in [4.69, 9.17) is 9.97 Å². The summed E-state index contributed by atoms with van der Waals surface area (Å²) >= 11 is 0. The number of likely N-dealkylation sites (tertiary alicyclic amines) is 1. The number of hydrogen-bond acceptors (Lipinski definition) is 8. The zero-order valence-electron chi connectivity index (χ0n) is 25.7. The van der Waals surface area contributed by atoms with Crippen molar-refractivity contribution in [2.24, 2.45) is 13.0 Å². The molecule has 5 heterocycles. The topological polar surface area (TPSA) is 107 Å². The molecule has 1 saturated heterocycles. The van der Waals surface area contributed by atoms with Gasteiger partial charge in [0.2, 0.25) is 5.95 Å². The number of pyridine rings is 1. The third-order valence-electron chi connectivity index (χ3n) is 8.56. The molecule has 0 saturated carbocycles. The lowest BCUT2D eigenvalue weighted by Gasteiger charge is -2.28. The van der Waals surface area contributed by atoms with Crippen molar-refractivity contribution in [2.75, 3.05) is 25.5 Å². The molecule has 10 heteroatoms. The van der Waals surface area contributed by atoms with Crippen LogP contribution in [0.4, 0.5) is 11.6 Å². The zero-order chi connectivity index (χ0) is 30.9. The molecular weight excluding hydrogens is 562 g/mol. The molecule has 6 aromatic rings. The van der Waals surface area contributed by atoms with Gasteiger partial charge in [-0.1, -0.05) is 30.3 Å². The van der Waals surface area contributed by atoms with Crippen molar-refractivity contribution in [2.45, 2.75) is 26.2 Å². The fourth-order valence-corrected chi connectivity index (χ4v) is 6.03. The van der Waals surface area contributed by atoms with Crippen LogP contribution in [0.1, 0.15) is 24.1 Å². The van der Waals surface area contributed by atoms with Gasteiger partial charge in [0, 0.05) is 48.0 Å². The summed E-state index contributed by atoms with van der Waals surface area (Å²) in [6.07, 6.45) is 10.6. The largest absolute Gasteiger partial charge is 0.324 e. The number of anilines is 2. The molecule has 2 aromatic carbocycles. The summed E-state index contributed by atoms with van der Waals surface area (Å²) in [5.41, 5.74) is 5.89. The highest BCUT2D eigenvalue weighted by Crippen LogP contribution is 2.27. The van der Waals surface area contributed by atoms with Crippen LogP contribution in [0.2, 0.25) is 0 Å². The fourth-order valence-electron chi connectivity index (χ4n) is 6.03. The molecule has 1 aliphatic heterocycles. The van der Waals surface area contributed by atoms with Crippen molar-refractivity contribution in [3.8, 4) is 28.2 Å². The van der Waals surface area contributed by atoms with Gasteiger partial charge in [0.15, 0.2) is 11.5 Å². The molecule has 0 bridgehead atoms. The van der Waals surface area contributed by atoms with Gasteiger partial charge >= 0.3 is 0 Å². The predicted molar refractivity (Wildman–Crippen MR) is 177 cm³/mol. The first-order chi connectivity index (χ1) is 21.9. The molecule has 1 fully saturated rings. The smallest absolute Gasteiger partial charge is 0.264 e. The Hall–Kier alpha value is -5.22. The number of fused-ring (bicyclic) bond motifs is 1. The number of piperidine rings is 1.